The number of rotatable bonds is 0. The van der Waals surface area contributed by atoms with Gasteiger partial charge in [-0.2, -0.15) is 5.26 Å². The topological polar surface area (TPSA) is 64.2 Å². The van der Waals surface area contributed by atoms with E-state index < -0.39 is 6.10 Å². The van der Waals surface area contributed by atoms with Gasteiger partial charge in [0.2, 0.25) is 0 Å². The normalized spacial score (nSPS) is 42.9. The van der Waals surface area contributed by atoms with Crippen LogP contribution in [-0.2, 0) is 6.42 Å². The Morgan fingerprint density at radius 1 is 1.32 bits per heavy atom. The van der Waals surface area contributed by atoms with Crippen molar-refractivity contribution in [3.8, 4) is 11.8 Å². The summed E-state index contributed by atoms with van der Waals surface area (Å²) in [5.41, 5.74) is 2.60. The van der Waals surface area contributed by atoms with Gasteiger partial charge in [0.05, 0.1) is 18.1 Å². The van der Waals surface area contributed by atoms with Gasteiger partial charge < -0.3 is 10.2 Å². The number of hydrogen-bond acceptors (Lipinski definition) is 3. The molecule has 22 heavy (non-hydrogen) atoms. The molecule has 0 amide bonds. The Hall–Kier alpha value is -1.53. The van der Waals surface area contributed by atoms with Crippen molar-refractivity contribution in [3.05, 3.63) is 29.3 Å². The molecule has 2 N–H and O–H groups in total. The summed E-state index contributed by atoms with van der Waals surface area (Å²) < 4.78 is 0. The van der Waals surface area contributed by atoms with Crippen LogP contribution in [-0.4, -0.2) is 16.3 Å². The molecule has 0 aromatic heterocycles. The summed E-state index contributed by atoms with van der Waals surface area (Å²) in [5.74, 6) is 1.72. The van der Waals surface area contributed by atoms with Gasteiger partial charge in [0.25, 0.3) is 0 Å². The van der Waals surface area contributed by atoms with Crippen LogP contribution in [0.2, 0.25) is 0 Å². The first kappa shape index (κ1) is 14.1. The largest absolute Gasteiger partial charge is 0.508 e. The highest BCUT2D eigenvalue weighted by atomic mass is 16.3. The number of benzene rings is 1. The van der Waals surface area contributed by atoms with Crippen LogP contribution in [0.15, 0.2) is 18.2 Å². The molecule has 6 atom stereocenters. The summed E-state index contributed by atoms with van der Waals surface area (Å²) in [6, 6.07) is 8.15. The van der Waals surface area contributed by atoms with Gasteiger partial charge in [0.1, 0.15) is 5.75 Å². The molecule has 0 radical (unpaired) electrons. The van der Waals surface area contributed by atoms with Gasteiger partial charge in [-0.15, -0.1) is 0 Å². The summed E-state index contributed by atoms with van der Waals surface area (Å²) in [6.45, 7) is 2.20. The fourth-order valence-electron chi connectivity index (χ4n) is 5.71. The average molecular weight is 297 g/mol. The molecule has 0 aliphatic heterocycles. The van der Waals surface area contributed by atoms with Gasteiger partial charge in [0.15, 0.2) is 0 Å². The zero-order chi connectivity index (χ0) is 15.5. The zero-order valence-corrected chi connectivity index (χ0v) is 13.0. The molecule has 3 heteroatoms. The van der Waals surface area contributed by atoms with Crippen molar-refractivity contribution in [2.24, 2.45) is 23.2 Å². The number of nitriles is 1. The van der Waals surface area contributed by atoms with Crippen molar-refractivity contribution >= 4 is 0 Å². The molecule has 4 rings (SSSR count). The second kappa shape index (κ2) is 4.73. The van der Waals surface area contributed by atoms with Gasteiger partial charge in [-0.1, -0.05) is 13.0 Å². The molecule has 2 saturated carbocycles. The number of phenols is 1. The predicted molar refractivity (Wildman–Crippen MR) is 83.2 cm³/mol. The predicted octanol–water partition coefficient (Wildman–Crippen LogP) is 3.36. The highest BCUT2D eigenvalue weighted by Gasteiger charge is 2.58. The minimum Gasteiger partial charge on any atom is -0.508 e. The highest BCUT2D eigenvalue weighted by molar-refractivity contribution is 5.40. The molecule has 116 valence electrons. The number of aromatic hydroxyl groups is 1. The molecule has 0 spiro atoms. The molecule has 0 heterocycles. The fraction of sp³-hybridized carbons (Fsp3) is 0.632. The first-order valence-electron chi connectivity index (χ1n) is 8.44. The molecular formula is C19H23NO2. The first-order valence-corrected chi connectivity index (χ1v) is 8.44. The van der Waals surface area contributed by atoms with Crippen LogP contribution in [0, 0.1) is 34.5 Å². The molecule has 0 saturated heterocycles. The number of aliphatic hydroxyl groups is 1. The number of aryl methyl sites for hydroxylation is 1. The second-order valence-electron chi connectivity index (χ2n) is 7.76. The minimum atomic E-state index is -0.468. The number of fused-ring (bicyclic) bond motifs is 5. The monoisotopic (exact) mass is 297 g/mol. The van der Waals surface area contributed by atoms with Crippen LogP contribution >= 0.6 is 0 Å². The van der Waals surface area contributed by atoms with E-state index in [9.17, 15) is 15.5 Å². The van der Waals surface area contributed by atoms with E-state index in [4.69, 9.17) is 0 Å². The molecule has 3 aliphatic carbocycles. The zero-order valence-electron chi connectivity index (χ0n) is 13.0. The number of phenolic OH excluding ortho intramolecular Hbond substituents is 1. The average Bonchev–Trinajstić information content (AvgIpc) is 2.78. The minimum absolute atomic E-state index is 0.0873. The van der Waals surface area contributed by atoms with E-state index in [-0.39, 0.29) is 11.3 Å². The van der Waals surface area contributed by atoms with Crippen molar-refractivity contribution < 1.29 is 10.2 Å². The summed E-state index contributed by atoms with van der Waals surface area (Å²) in [4.78, 5) is 0. The van der Waals surface area contributed by atoms with Crippen LogP contribution in [0.25, 0.3) is 0 Å². The Labute approximate surface area is 131 Å². The lowest BCUT2D eigenvalue weighted by Gasteiger charge is -2.50. The van der Waals surface area contributed by atoms with Crippen LogP contribution in [0.1, 0.15) is 49.7 Å². The van der Waals surface area contributed by atoms with E-state index >= 15 is 0 Å². The van der Waals surface area contributed by atoms with E-state index in [1.165, 1.54) is 11.1 Å². The van der Waals surface area contributed by atoms with E-state index in [1.54, 1.807) is 6.07 Å². The van der Waals surface area contributed by atoms with Crippen LogP contribution < -0.4 is 0 Å². The smallest absolute Gasteiger partial charge is 0.115 e. The summed E-state index contributed by atoms with van der Waals surface area (Å²) in [5, 5.41) is 29.7. The van der Waals surface area contributed by atoms with Crippen molar-refractivity contribution in [3.63, 3.8) is 0 Å². The molecular weight excluding hydrogens is 274 g/mol. The SMILES string of the molecule is C[C@]12CC[C@@H]3c4ccc(O)cc4CC[C@H]3[C@@H]1CC(C#N)[C@H]2O. The molecule has 1 aromatic carbocycles. The number of aliphatic hydroxyl groups excluding tert-OH is 1. The van der Waals surface area contributed by atoms with Crippen molar-refractivity contribution in [2.45, 2.75) is 51.0 Å². The van der Waals surface area contributed by atoms with Crippen molar-refractivity contribution in [1.29, 1.82) is 5.26 Å². The van der Waals surface area contributed by atoms with E-state index in [1.807, 2.05) is 6.07 Å². The fourth-order valence-corrected chi connectivity index (χ4v) is 5.71. The van der Waals surface area contributed by atoms with E-state index in [2.05, 4.69) is 19.1 Å². The standard InChI is InChI=1S/C19H23NO2/c1-19-7-6-15-14-5-3-13(21)8-11(14)2-4-16(15)17(19)9-12(10-20)18(19)22/h3,5,8,12,15-18,21-22H,2,4,6-7,9H2,1H3/t12?,15-,16-,17+,18-,19+/m1/s1. The van der Waals surface area contributed by atoms with Crippen LogP contribution in [0.4, 0.5) is 0 Å². The molecule has 0 bridgehead atoms. The van der Waals surface area contributed by atoms with Gasteiger partial charge in [0, 0.05) is 0 Å². The lowest BCUT2D eigenvalue weighted by Crippen LogP contribution is -2.44. The van der Waals surface area contributed by atoms with Gasteiger partial charge >= 0.3 is 0 Å². The maximum atomic E-state index is 10.6. The van der Waals surface area contributed by atoms with E-state index in [0.717, 1.165) is 32.1 Å². The second-order valence-corrected chi connectivity index (χ2v) is 7.76. The quantitative estimate of drug-likeness (QED) is 0.771. The summed E-state index contributed by atoms with van der Waals surface area (Å²) >= 11 is 0. The maximum Gasteiger partial charge on any atom is 0.115 e. The molecule has 1 unspecified atom stereocenters. The summed E-state index contributed by atoms with van der Waals surface area (Å²) in [7, 11) is 0. The van der Waals surface area contributed by atoms with Crippen molar-refractivity contribution in [1.82, 2.24) is 0 Å². The number of nitrogens with zero attached hydrogens (tertiary/aromatic N) is 1. The van der Waals surface area contributed by atoms with Gasteiger partial charge in [-0.05, 0) is 78.5 Å². The summed E-state index contributed by atoms with van der Waals surface area (Å²) in [6.07, 6.45) is 4.59. The Balaban J connectivity index is 1.71. The lowest BCUT2D eigenvalue weighted by molar-refractivity contribution is -0.0280. The Morgan fingerprint density at radius 2 is 2.14 bits per heavy atom. The maximum absolute atomic E-state index is 10.6. The Morgan fingerprint density at radius 3 is 2.91 bits per heavy atom. The lowest BCUT2D eigenvalue weighted by atomic mass is 9.55. The molecule has 3 aliphatic rings. The van der Waals surface area contributed by atoms with Crippen molar-refractivity contribution in [2.75, 3.05) is 0 Å². The molecule has 2 fully saturated rings. The van der Waals surface area contributed by atoms with Crippen LogP contribution in [0.5, 0.6) is 5.75 Å². The highest BCUT2D eigenvalue weighted by Crippen LogP contribution is 2.62. The molecule has 1 aromatic rings. The number of hydrogen-bond donors (Lipinski definition) is 2. The first-order chi connectivity index (χ1) is 10.5. The van der Waals surface area contributed by atoms with Gasteiger partial charge in [-0.3, -0.25) is 0 Å². The van der Waals surface area contributed by atoms with Gasteiger partial charge in [-0.25, -0.2) is 0 Å². The third-order valence-electron chi connectivity index (χ3n) is 6.88. The third-order valence-corrected chi connectivity index (χ3v) is 6.88. The third kappa shape index (κ3) is 1.77. The molecule has 3 nitrogen and oxygen atoms in total. The van der Waals surface area contributed by atoms with Crippen LogP contribution in [0.3, 0.4) is 0 Å². The Bertz CT molecular complexity index is 649. The Kier molecular flexibility index (Phi) is 3.03. The van der Waals surface area contributed by atoms with E-state index in [0.29, 0.717) is 23.5 Å².